The second kappa shape index (κ2) is 5.57. The van der Waals surface area contributed by atoms with Crippen molar-refractivity contribution in [3.05, 3.63) is 34.9 Å². The highest BCUT2D eigenvalue weighted by Crippen LogP contribution is 2.23. The first-order valence-electron chi connectivity index (χ1n) is 7.78. The summed E-state index contributed by atoms with van der Waals surface area (Å²) in [5.41, 5.74) is 4.11. The van der Waals surface area contributed by atoms with Crippen LogP contribution in [0.4, 0.5) is 0 Å². The van der Waals surface area contributed by atoms with Crippen LogP contribution >= 0.6 is 0 Å². The number of carbonyl (C=O) groups excluding carboxylic acids is 1. The Balaban J connectivity index is 1.69. The standard InChI is InChI=1S/C17H24N2O/c1-12-13(2)19(9-8-18-12)17(20)11-14-6-7-15-4-3-5-16(15)10-14/h6-7,10,12-13,18H,3-5,8-9,11H2,1-2H3. The van der Waals surface area contributed by atoms with Crippen LogP contribution in [0.5, 0.6) is 0 Å². The molecule has 3 rings (SSSR count). The van der Waals surface area contributed by atoms with Crippen LogP contribution in [0.25, 0.3) is 0 Å². The van der Waals surface area contributed by atoms with Crippen LogP contribution in [0.3, 0.4) is 0 Å². The summed E-state index contributed by atoms with van der Waals surface area (Å²) < 4.78 is 0. The molecule has 1 saturated heterocycles. The van der Waals surface area contributed by atoms with Gasteiger partial charge in [-0.2, -0.15) is 0 Å². The Bertz CT molecular complexity index is 512. The third-order valence-corrected chi connectivity index (χ3v) is 4.87. The van der Waals surface area contributed by atoms with E-state index in [1.807, 2.05) is 4.90 Å². The highest BCUT2D eigenvalue weighted by molar-refractivity contribution is 5.79. The smallest absolute Gasteiger partial charge is 0.227 e. The van der Waals surface area contributed by atoms with Crippen molar-refractivity contribution >= 4 is 5.91 Å². The maximum atomic E-state index is 12.5. The average molecular weight is 272 g/mol. The summed E-state index contributed by atoms with van der Waals surface area (Å²) in [6.07, 6.45) is 4.19. The summed E-state index contributed by atoms with van der Waals surface area (Å²) in [6, 6.07) is 7.27. The van der Waals surface area contributed by atoms with Crippen molar-refractivity contribution in [3.63, 3.8) is 0 Å². The quantitative estimate of drug-likeness (QED) is 0.892. The van der Waals surface area contributed by atoms with E-state index in [4.69, 9.17) is 0 Å². The molecule has 0 saturated carbocycles. The molecule has 2 unspecified atom stereocenters. The second-order valence-electron chi connectivity index (χ2n) is 6.20. The summed E-state index contributed by atoms with van der Waals surface area (Å²) in [7, 11) is 0. The molecule has 1 heterocycles. The van der Waals surface area contributed by atoms with Crippen molar-refractivity contribution < 1.29 is 4.79 Å². The normalized spacial score (nSPS) is 25.6. The van der Waals surface area contributed by atoms with E-state index >= 15 is 0 Å². The lowest BCUT2D eigenvalue weighted by atomic mass is 10.0. The van der Waals surface area contributed by atoms with Gasteiger partial charge in [0.2, 0.25) is 5.91 Å². The van der Waals surface area contributed by atoms with Crippen molar-refractivity contribution in [2.24, 2.45) is 0 Å². The third-order valence-electron chi connectivity index (χ3n) is 4.87. The van der Waals surface area contributed by atoms with E-state index in [2.05, 4.69) is 37.4 Å². The number of amides is 1. The Kier molecular flexibility index (Phi) is 3.79. The number of rotatable bonds is 2. The highest BCUT2D eigenvalue weighted by atomic mass is 16.2. The maximum Gasteiger partial charge on any atom is 0.227 e. The van der Waals surface area contributed by atoms with E-state index in [1.165, 1.54) is 36.0 Å². The predicted molar refractivity (Wildman–Crippen MR) is 80.8 cm³/mol. The van der Waals surface area contributed by atoms with Crippen LogP contribution in [0.1, 0.15) is 37.0 Å². The number of aryl methyl sites for hydroxylation is 2. The van der Waals surface area contributed by atoms with Gasteiger partial charge in [0, 0.05) is 25.2 Å². The molecule has 1 aromatic rings. The highest BCUT2D eigenvalue weighted by Gasteiger charge is 2.27. The van der Waals surface area contributed by atoms with Crippen LogP contribution in [-0.2, 0) is 24.1 Å². The fraction of sp³-hybridized carbons (Fsp3) is 0.588. The zero-order valence-corrected chi connectivity index (χ0v) is 12.5. The van der Waals surface area contributed by atoms with Gasteiger partial charge in [-0.25, -0.2) is 0 Å². The number of benzene rings is 1. The van der Waals surface area contributed by atoms with Gasteiger partial charge in [-0.15, -0.1) is 0 Å². The van der Waals surface area contributed by atoms with E-state index in [0.717, 1.165) is 13.1 Å². The number of hydrogen-bond acceptors (Lipinski definition) is 2. The van der Waals surface area contributed by atoms with Crippen LogP contribution in [0.15, 0.2) is 18.2 Å². The molecule has 1 aliphatic carbocycles. The van der Waals surface area contributed by atoms with Gasteiger partial charge in [-0.05, 0) is 49.8 Å². The summed E-state index contributed by atoms with van der Waals surface area (Å²) in [5, 5.41) is 3.42. The predicted octanol–water partition coefficient (Wildman–Crippen LogP) is 1.93. The first kappa shape index (κ1) is 13.6. The second-order valence-corrected chi connectivity index (χ2v) is 6.20. The van der Waals surface area contributed by atoms with Crippen molar-refractivity contribution in [2.75, 3.05) is 13.1 Å². The number of nitrogens with zero attached hydrogens (tertiary/aromatic N) is 1. The Hall–Kier alpha value is -1.35. The zero-order chi connectivity index (χ0) is 14.1. The van der Waals surface area contributed by atoms with Gasteiger partial charge < -0.3 is 10.2 Å². The lowest BCUT2D eigenvalue weighted by Gasteiger charge is -2.38. The Morgan fingerprint density at radius 2 is 2.10 bits per heavy atom. The molecule has 20 heavy (non-hydrogen) atoms. The first-order chi connectivity index (χ1) is 9.65. The van der Waals surface area contributed by atoms with Gasteiger partial charge in [0.25, 0.3) is 0 Å². The van der Waals surface area contributed by atoms with Crippen LogP contribution in [0, 0.1) is 0 Å². The van der Waals surface area contributed by atoms with Gasteiger partial charge in [0.1, 0.15) is 0 Å². The molecule has 1 fully saturated rings. The Morgan fingerprint density at radius 3 is 2.95 bits per heavy atom. The van der Waals surface area contributed by atoms with Crippen molar-refractivity contribution in [1.82, 2.24) is 10.2 Å². The van der Waals surface area contributed by atoms with E-state index in [0.29, 0.717) is 12.5 Å². The third kappa shape index (κ3) is 2.59. The molecule has 0 bridgehead atoms. The minimum Gasteiger partial charge on any atom is -0.337 e. The Morgan fingerprint density at radius 1 is 1.30 bits per heavy atom. The molecule has 1 N–H and O–H groups in total. The first-order valence-corrected chi connectivity index (χ1v) is 7.78. The summed E-state index contributed by atoms with van der Waals surface area (Å²) in [5.74, 6) is 0.267. The molecule has 2 atom stereocenters. The molecule has 3 nitrogen and oxygen atoms in total. The fourth-order valence-electron chi connectivity index (χ4n) is 3.42. The van der Waals surface area contributed by atoms with Gasteiger partial charge in [0.05, 0.1) is 6.42 Å². The lowest BCUT2D eigenvalue weighted by molar-refractivity contribution is -0.134. The van der Waals surface area contributed by atoms with Crippen molar-refractivity contribution in [1.29, 1.82) is 0 Å². The van der Waals surface area contributed by atoms with Crippen LogP contribution in [-0.4, -0.2) is 36.0 Å². The minimum absolute atomic E-state index is 0.267. The van der Waals surface area contributed by atoms with Gasteiger partial charge >= 0.3 is 0 Å². The van der Waals surface area contributed by atoms with E-state index in [9.17, 15) is 4.79 Å². The number of nitrogens with one attached hydrogen (secondary N) is 1. The topological polar surface area (TPSA) is 32.3 Å². The molecule has 2 aliphatic rings. The number of fused-ring (bicyclic) bond motifs is 1. The SMILES string of the molecule is CC1NCCN(C(=O)Cc2ccc3c(c2)CCC3)C1C. The molecule has 0 radical (unpaired) electrons. The van der Waals surface area contributed by atoms with Crippen LogP contribution < -0.4 is 5.32 Å². The number of carbonyl (C=O) groups is 1. The fourth-order valence-corrected chi connectivity index (χ4v) is 3.42. The molecule has 1 amide bonds. The van der Waals surface area contributed by atoms with E-state index in [1.54, 1.807) is 0 Å². The summed E-state index contributed by atoms with van der Waals surface area (Å²) in [6.45, 7) is 6.02. The largest absolute Gasteiger partial charge is 0.337 e. The molecular weight excluding hydrogens is 248 g/mol. The summed E-state index contributed by atoms with van der Waals surface area (Å²) in [4.78, 5) is 14.6. The molecule has 1 aromatic carbocycles. The van der Waals surface area contributed by atoms with Gasteiger partial charge in [-0.1, -0.05) is 18.2 Å². The van der Waals surface area contributed by atoms with Crippen molar-refractivity contribution in [2.45, 2.75) is 51.6 Å². The number of piperazine rings is 1. The summed E-state index contributed by atoms with van der Waals surface area (Å²) >= 11 is 0. The molecule has 0 spiro atoms. The van der Waals surface area contributed by atoms with E-state index < -0.39 is 0 Å². The number of hydrogen-bond donors (Lipinski definition) is 1. The monoisotopic (exact) mass is 272 g/mol. The Labute approximate surface area is 121 Å². The van der Waals surface area contributed by atoms with E-state index in [-0.39, 0.29) is 11.9 Å². The van der Waals surface area contributed by atoms with Gasteiger partial charge in [0.15, 0.2) is 0 Å². The van der Waals surface area contributed by atoms with Gasteiger partial charge in [-0.3, -0.25) is 4.79 Å². The molecule has 108 valence electrons. The zero-order valence-electron chi connectivity index (χ0n) is 12.5. The molecule has 3 heteroatoms. The maximum absolute atomic E-state index is 12.5. The molecule has 1 aliphatic heterocycles. The molecular formula is C17H24N2O. The lowest BCUT2D eigenvalue weighted by Crippen LogP contribution is -2.57. The minimum atomic E-state index is 0.267. The van der Waals surface area contributed by atoms with Crippen LogP contribution in [0.2, 0.25) is 0 Å². The average Bonchev–Trinajstić information content (AvgIpc) is 2.89. The molecule has 0 aromatic heterocycles. The van der Waals surface area contributed by atoms with Crippen molar-refractivity contribution in [3.8, 4) is 0 Å².